The monoisotopic (exact) mass is 1030 g/mol. The summed E-state index contributed by atoms with van der Waals surface area (Å²) in [4.78, 5) is 27.7. The van der Waals surface area contributed by atoms with E-state index in [-0.39, 0.29) is 5.41 Å². The van der Waals surface area contributed by atoms with Crippen molar-refractivity contribution >= 4 is 73.3 Å². The summed E-state index contributed by atoms with van der Waals surface area (Å²) >= 11 is 0. The number of benzene rings is 9. The SMILES string of the molecule is CC1(C)c2ccccc2-c2cc3c(N(c4ccccn4)c4cc(-c5ccccc5)ccn4)c4cc(N(c5cccc(-c6ccccc6)c5)c5ccccn5)ccc4c(N(c4cccc(-c5ccccc5)c4)c4ccccn4)c3cc21. The van der Waals surface area contributed by atoms with E-state index in [1.54, 1.807) is 0 Å². The molecule has 14 rings (SSSR count). The van der Waals surface area contributed by atoms with Gasteiger partial charge in [-0.2, -0.15) is 0 Å². The molecule has 1 aliphatic carbocycles. The van der Waals surface area contributed by atoms with Crippen LogP contribution in [0.25, 0.3) is 66.1 Å². The zero-order valence-electron chi connectivity index (χ0n) is 44.3. The first-order valence-corrected chi connectivity index (χ1v) is 27.1. The molecule has 0 radical (unpaired) electrons. The number of hydrogen-bond donors (Lipinski definition) is 0. The van der Waals surface area contributed by atoms with Crippen LogP contribution >= 0.6 is 0 Å². The minimum absolute atomic E-state index is 0.316. The fourth-order valence-electron chi connectivity index (χ4n) is 11.8. The Kier molecular flexibility index (Phi) is 12.1. The number of nitrogens with zero attached hydrogens (tertiary/aromatic N) is 7. The van der Waals surface area contributed by atoms with Crippen molar-refractivity contribution in [1.82, 2.24) is 19.9 Å². The summed E-state index contributed by atoms with van der Waals surface area (Å²) in [5.41, 5.74) is 16.0. The van der Waals surface area contributed by atoms with Gasteiger partial charge in [0.1, 0.15) is 23.3 Å². The molecule has 0 N–H and O–H groups in total. The normalized spacial score (nSPS) is 12.2. The molecule has 9 aromatic carbocycles. The van der Waals surface area contributed by atoms with Crippen molar-refractivity contribution in [2.45, 2.75) is 19.3 Å². The van der Waals surface area contributed by atoms with Gasteiger partial charge >= 0.3 is 0 Å². The maximum atomic E-state index is 5.29. The molecule has 7 heteroatoms. The zero-order valence-corrected chi connectivity index (χ0v) is 44.3. The first kappa shape index (κ1) is 47.9. The lowest BCUT2D eigenvalue weighted by Gasteiger charge is -2.33. The largest absolute Gasteiger partial charge is 0.295 e. The highest BCUT2D eigenvalue weighted by molar-refractivity contribution is 6.25. The van der Waals surface area contributed by atoms with Crippen molar-refractivity contribution in [3.05, 3.63) is 297 Å². The van der Waals surface area contributed by atoms with Crippen molar-refractivity contribution in [2.75, 3.05) is 14.7 Å². The number of fused-ring (bicyclic) bond motifs is 5. The molecule has 80 heavy (non-hydrogen) atoms. The van der Waals surface area contributed by atoms with Crippen LogP contribution in [-0.2, 0) is 5.41 Å². The van der Waals surface area contributed by atoms with Gasteiger partial charge in [-0.15, -0.1) is 0 Å². The van der Waals surface area contributed by atoms with Crippen molar-refractivity contribution in [3.63, 3.8) is 0 Å². The molecule has 0 spiro atoms. The number of pyridine rings is 4. The van der Waals surface area contributed by atoms with E-state index < -0.39 is 0 Å². The van der Waals surface area contributed by atoms with Crippen LogP contribution < -0.4 is 14.7 Å². The van der Waals surface area contributed by atoms with Crippen LogP contribution in [0.2, 0.25) is 0 Å². The summed E-state index contributed by atoms with van der Waals surface area (Å²) in [5.74, 6) is 3.01. The molecule has 13 aromatic rings. The third-order valence-electron chi connectivity index (χ3n) is 15.6. The number of hydrogen-bond acceptors (Lipinski definition) is 7. The maximum Gasteiger partial charge on any atom is 0.139 e. The van der Waals surface area contributed by atoms with Crippen molar-refractivity contribution < 1.29 is 0 Å². The smallest absolute Gasteiger partial charge is 0.139 e. The van der Waals surface area contributed by atoms with Gasteiger partial charge in [0, 0.05) is 68.8 Å². The molecule has 0 unspecified atom stereocenters. The van der Waals surface area contributed by atoms with Crippen LogP contribution in [0.15, 0.2) is 286 Å². The van der Waals surface area contributed by atoms with Crippen molar-refractivity contribution in [2.24, 2.45) is 0 Å². The Balaban J connectivity index is 1.15. The van der Waals surface area contributed by atoms with Crippen LogP contribution in [0, 0.1) is 0 Å². The maximum absolute atomic E-state index is 5.29. The van der Waals surface area contributed by atoms with Crippen molar-refractivity contribution in [1.29, 1.82) is 0 Å². The molecule has 1 aliphatic rings. The second-order valence-electron chi connectivity index (χ2n) is 20.7. The standard InChI is InChI=1S/C73H53N7/c1-73(2)65-33-13-12-32-59(65)61-48-63-64(49-66(61)73)71(79(68-35-15-18-41-75-68)57-31-21-29-54(45-57)51-24-8-4-9-25-51)60-38-37-58(78(67-34-14-17-40-74-67)56-30-20-28-53(44-56)50-22-6-3-7-23-50)47-62(60)72(63)80(69-36-16-19-42-76-69)70-46-55(39-43-77-70)52-26-10-5-11-27-52/h3-49H,1-2H3. The fraction of sp³-hybridized carbons (Fsp3) is 0.0411. The fourth-order valence-corrected chi connectivity index (χ4v) is 11.8. The van der Waals surface area contributed by atoms with Gasteiger partial charge in [0.2, 0.25) is 0 Å². The average molecular weight is 1030 g/mol. The molecular formula is C73H53N7. The first-order chi connectivity index (χ1) is 39.5. The van der Waals surface area contributed by atoms with Gasteiger partial charge in [-0.05, 0) is 153 Å². The summed E-state index contributed by atoms with van der Waals surface area (Å²) in [6.45, 7) is 4.71. The second kappa shape index (κ2) is 20.1. The summed E-state index contributed by atoms with van der Waals surface area (Å²) in [6, 6.07) is 92.6. The lowest BCUT2D eigenvalue weighted by Crippen LogP contribution is -2.18. The van der Waals surface area contributed by atoms with Crippen LogP contribution in [0.4, 0.5) is 51.7 Å². The van der Waals surface area contributed by atoms with Gasteiger partial charge in [-0.3, -0.25) is 14.7 Å². The third kappa shape index (κ3) is 8.49. The molecule has 4 heterocycles. The van der Waals surface area contributed by atoms with Crippen LogP contribution in [-0.4, -0.2) is 19.9 Å². The molecule has 0 saturated heterocycles. The molecule has 0 amide bonds. The van der Waals surface area contributed by atoms with E-state index in [0.717, 1.165) is 107 Å². The van der Waals surface area contributed by atoms with Gasteiger partial charge in [0.05, 0.1) is 11.4 Å². The van der Waals surface area contributed by atoms with Crippen LogP contribution in [0.1, 0.15) is 25.0 Å². The number of anilines is 9. The van der Waals surface area contributed by atoms with Gasteiger partial charge in [0.25, 0.3) is 0 Å². The number of rotatable bonds is 12. The van der Waals surface area contributed by atoms with Gasteiger partial charge in [-0.25, -0.2) is 19.9 Å². The Morgan fingerprint density at radius 1 is 0.263 bits per heavy atom. The number of aromatic nitrogens is 4. The third-order valence-corrected chi connectivity index (χ3v) is 15.6. The summed E-state index contributed by atoms with van der Waals surface area (Å²) < 4.78 is 0. The first-order valence-electron chi connectivity index (χ1n) is 27.1. The molecule has 0 aliphatic heterocycles. The van der Waals surface area contributed by atoms with E-state index in [4.69, 9.17) is 19.9 Å². The Labute approximate surface area is 466 Å². The van der Waals surface area contributed by atoms with E-state index >= 15 is 0 Å². The molecule has 0 atom stereocenters. The minimum Gasteiger partial charge on any atom is -0.295 e. The van der Waals surface area contributed by atoms with Gasteiger partial charge < -0.3 is 0 Å². The van der Waals surface area contributed by atoms with E-state index in [9.17, 15) is 0 Å². The molecule has 0 saturated carbocycles. The quantitative estimate of drug-likeness (QED) is 0.0892. The summed E-state index contributed by atoms with van der Waals surface area (Å²) in [5, 5.41) is 4.03. The Hall–Kier alpha value is -10.5. The van der Waals surface area contributed by atoms with E-state index in [1.807, 2.05) is 43.0 Å². The average Bonchev–Trinajstić information content (AvgIpc) is 3.74. The second-order valence-corrected chi connectivity index (χ2v) is 20.7. The van der Waals surface area contributed by atoms with Gasteiger partial charge in [0.15, 0.2) is 0 Å². The Morgan fingerprint density at radius 3 is 1.30 bits per heavy atom. The predicted molar refractivity (Wildman–Crippen MR) is 331 cm³/mol. The lowest BCUT2D eigenvalue weighted by atomic mass is 9.81. The highest BCUT2D eigenvalue weighted by Crippen LogP contribution is 2.57. The minimum atomic E-state index is -0.316. The summed E-state index contributed by atoms with van der Waals surface area (Å²) in [6.07, 6.45) is 7.54. The molecule has 0 fully saturated rings. The molecule has 7 nitrogen and oxygen atoms in total. The zero-order chi connectivity index (χ0) is 53.6. The Morgan fingerprint density at radius 2 is 0.713 bits per heavy atom. The Bertz CT molecular complexity index is 4380. The topological polar surface area (TPSA) is 61.3 Å². The summed E-state index contributed by atoms with van der Waals surface area (Å²) in [7, 11) is 0. The molecular weight excluding hydrogens is 975 g/mol. The highest BCUT2D eigenvalue weighted by atomic mass is 15.2. The molecule has 0 bridgehead atoms. The van der Waals surface area contributed by atoms with E-state index in [2.05, 4.69) is 271 Å². The van der Waals surface area contributed by atoms with E-state index in [0.29, 0.717) is 0 Å². The van der Waals surface area contributed by atoms with Crippen LogP contribution in [0.5, 0.6) is 0 Å². The van der Waals surface area contributed by atoms with Crippen molar-refractivity contribution in [3.8, 4) is 44.5 Å². The molecule has 4 aromatic heterocycles. The van der Waals surface area contributed by atoms with E-state index in [1.165, 1.54) is 22.3 Å². The highest BCUT2D eigenvalue weighted by Gasteiger charge is 2.38. The predicted octanol–water partition coefficient (Wildman–Crippen LogP) is 19.3. The lowest BCUT2D eigenvalue weighted by molar-refractivity contribution is 0.661. The van der Waals surface area contributed by atoms with Crippen LogP contribution in [0.3, 0.4) is 0 Å². The molecule has 380 valence electrons. The van der Waals surface area contributed by atoms with Gasteiger partial charge in [-0.1, -0.05) is 178 Å².